The van der Waals surface area contributed by atoms with Crippen LogP contribution in [-0.4, -0.2) is 21.1 Å². The lowest BCUT2D eigenvalue weighted by molar-refractivity contribution is 0.290. The van der Waals surface area contributed by atoms with Gasteiger partial charge < -0.3 is 9.47 Å². The van der Waals surface area contributed by atoms with Crippen molar-refractivity contribution in [2.75, 3.05) is 0 Å². The lowest BCUT2D eigenvalue weighted by Gasteiger charge is -2.08. The Morgan fingerprint density at radius 1 is 0.968 bits per heavy atom. The van der Waals surface area contributed by atoms with Gasteiger partial charge in [0, 0.05) is 0 Å². The molecule has 156 valence electrons. The van der Waals surface area contributed by atoms with E-state index in [9.17, 15) is 0 Å². The zero-order valence-corrected chi connectivity index (χ0v) is 18.0. The minimum absolute atomic E-state index is 0.224. The number of hydrogen-bond donors (Lipinski definition) is 1. The van der Waals surface area contributed by atoms with Crippen molar-refractivity contribution in [3.05, 3.63) is 106 Å². The molecule has 4 aromatic rings. The third kappa shape index (κ3) is 5.59. The summed E-state index contributed by atoms with van der Waals surface area (Å²) >= 11 is 11.7. The molecule has 0 radical (unpaired) electrons. The van der Waals surface area contributed by atoms with Gasteiger partial charge in [0.2, 0.25) is 4.77 Å². The molecule has 0 fully saturated rings. The Morgan fingerprint density at radius 3 is 2.45 bits per heavy atom. The van der Waals surface area contributed by atoms with Crippen LogP contribution in [0, 0.1) is 4.77 Å². The van der Waals surface area contributed by atoms with Crippen molar-refractivity contribution < 1.29 is 9.47 Å². The third-order valence-electron chi connectivity index (χ3n) is 4.34. The van der Waals surface area contributed by atoms with Gasteiger partial charge in [-0.25, -0.2) is 5.10 Å². The number of aromatic amines is 1. The van der Waals surface area contributed by atoms with Gasteiger partial charge in [-0.2, -0.15) is 14.9 Å². The highest BCUT2D eigenvalue weighted by atomic mass is 35.5. The van der Waals surface area contributed by atoms with E-state index >= 15 is 0 Å². The number of benzene rings is 3. The Kier molecular flexibility index (Phi) is 6.76. The molecule has 1 heterocycles. The van der Waals surface area contributed by atoms with E-state index in [1.807, 2.05) is 72.8 Å². The van der Waals surface area contributed by atoms with Gasteiger partial charge in [0.25, 0.3) is 0 Å². The van der Waals surface area contributed by atoms with E-state index in [1.165, 1.54) is 4.68 Å². The van der Waals surface area contributed by atoms with Crippen LogP contribution in [0.5, 0.6) is 11.5 Å². The van der Waals surface area contributed by atoms with Crippen LogP contribution in [0.25, 0.3) is 0 Å². The molecule has 0 atom stereocenters. The SMILES string of the molecule is S=c1[nH]nc(COc2ccccc2)n1/N=C\c1ccc(OCc2ccccc2)c(Cl)c1. The molecule has 0 aliphatic heterocycles. The van der Waals surface area contributed by atoms with Crippen molar-refractivity contribution in [3.63, 3.8) is 0 Å². The first-order chi connectivity index (χ1) is 15.2. The monoisotopic (exact) mass is 450 g/mol. The van der Waals surface area contributed by atoms with E-state index in [4.69, 9.17) is 33.3 Å². The fraction of sp³-hybridized carbons (Fsp3) is 0.0870. The Labute approximate surface area is 189 Å². The van der Waals surface area contributed by atoms with Crippen LogP contribution in [-0.2, 0) is 13.2 Å². The molecule has 0 amide bonds. The average molecular weight is 451 g/mol. The number of ether oxygens (including phenoxy) is 2. The Bertz CT molecular complexity index is 1220. The number of halogens is 1. The molecule has 4 rings (SSSR count). The second-order valence-corrected chi connectivity index (χ2v) is 7.36. The molecule has 31 heavy (non-hydrogen) atoms. The molecule has 1 N–H and O–H groups in total. The van der Waals surface area contributed by atoms with E-state index in [-0.39, 0.29) is 6.61 Å². The molecule has 3 aromatic carbocycles. The number of aromatic nitrogens is 3. The van der Waals surface area contributed by atoms with Gasteiger partial charge in [0.05, 0.1) is 11.2 Å². The molecule has 0 bridgehead atoms. The summed E-state index contributed by atoms with van der Waals surface area (Å²) in [7, 11) is 0. The third-order valence-corrected chi connectivity index (χ3v) is 4.90. The van der Waals surface area contributed by atoms with Gasteiger partial charge in [0.1, 0.15) is 24.7 Å². The summed E-state index contributed by atoms with van der Waals surface area (Å²) in [6.07, 6.45) is 1.66. The van der Waals surface area contributed by atoms with E-state index in [0.29, 0.717) is 28.0 Å². The van der Waals surface area contributed by atoms with Crippen LogP contribution in [0.15, 0.2) is 84.0 Å². The molecule has 6 nitrogen and oxygen atoms in total. The molecule has 8 heteroatoms. The van der Waals surface area contributed by atoms with Crippen molar-refractivity contribution in [1.82, 2.24) is 14.9 Å². The molecule has 0 unspecified atom stereocenters. The van der Waals surface area contributed by atoms with Crippen molar-refractivity contribution in [2.45, 2.75) is 13.2 Å². The maximum Gasteiger partial charge on any atom is 0.216 e. The zero-order chi connectivity index (χ0) is 21.5. The summed E-state index contributed by atoms with van der Waals surface area (Å²) in [5, 5.41) is 11.9. The van der Waals surface area contributed by atoms with Crippen LogP contribution in [0.2, 0.25) is 5.02 Å². The lowest BCUT2D eigenvalue weighted by Crippen LogP contribution is -2.04. The predicted molar refractivity (Wildman–Crippen MR) is 123 cm³/mol. The molecule has 0 saturated carbocycles. The zero-order valence-electron chi connectivity index (χ0n) is 16.4. The first-order valence-electron chi connectivity index (χ1n) is 9.54. The first kappa shape index (κ1) is 20.8. The summed E-state index contributed by atoms with van der Waals surface area (Å²) in [5.41, 5.74) is 1.87. The number of H-pyrrole nitrogens is 1. The van der Waals surface area contributed by atoms with Crippen LogP contribution in [0.1, 0.15) is 17.0 Å². The maximum absolute atomic E-state index is 6.38. The van der Waals surface area contributed by atoms with Crippen molar-refractivity contribution in [3.8, 4) is 11.5 Å². The molecule has 0 spiro atoms. The highest BCUT2D eigenvalue weighted by molar-refractivity contribution is 7.71. The van der Waals surface area contributed by atoms with Crippen molar-refractivity contribution >= 4 is 30.0 Å². The molecule has 1 aromatic heterocycles. The van der Waals surface area contributed by atoms with Gasteiger partial charge >= 0.3 is 0 Å². The number of para-hydroxylation sites is 1. The summed E-state index contributed by atoms with van der Waals surface area (Å²) in [6.45, 7) is 0.671. The standard InChI is InChI=1S/C23H19ClN4O2S/c24-20-13-18(11-12-21(20)30-15-17-7-3-1-4-8-17)14-25-28-22(26-27-23(28)31)16-29-19-9-5-2-6-10-19/h1-14H,15-16H2,(H,27,31)/b25-14-. The Hall–Kier alpha value is -3.42. The van der Waals surface area contributed by atoms with Gasteiger partial charge in [-0.1, -0.05) is 60.1 Å². The summed E-state index contributed by atoms with van der Waals surface area (Å²) < 4.78 is 13.4. The number of nitrogens with one attached hydrogen (secondary N) is 1. The van der Waals surface area contributed by atoms with Gasteiger partial charge in [0.15, 0.2) is 5.82 Å². The van der Waals surface area contributed by atoms with Crippen molar-refractivity contribution in [2.24, 2.45) is 5.10 Å². The highest BCUT2D eigenvalue weighted by Crippen LogP contribution is 2.26. The highest BCUT2D eigenvalue weighted by Gasteiger charge is 2.07. The van der Waals surface area contributed by atoms with Crippen molar-refractivity contribution in [1.29, 1.82) is 0 Å². The molecule has 0 aliphatic rings. The molecule has 0 saturated heterocycles. The second kappa shape index (κ2) is 10.1. The Balaban J connectivity index is 1.43. The second-order valence-electron chi connectivity index (χ2n) is 6.57. The normalized spacial score (nSPS) is 11.0. The first-order valence-corrected chi connectivity index (χ1v) is 10.3. The fourth-order valence-electron chi connectivity index (χ4n) is 2.78. The van der Waals surface area contributed by atoms with Gasteiger partial charge in [-0.3, -0.25) is 0 Å². The minimum Gasteiger partial charge on any atom is -0.487 e. The van der Waals surface area contributed by atoms with Crippen LogP contribution in [0.4, 0.5) is 0 Å². The summed E-state index contributed by atoms with van der Waals surface area (Å²) in [4.78, 5) is 0. The van der Waals surface area contributed by atoms with Gasteiger partial charge in [-0.15, -0.1) is 0 Å². The fourth-order valence-corrected chi connectivity index (χ4v) is 3.22. The topological polar surface area (TPSA) is 64.4 Å². The van der Waals surface area contributed by atoms with Crippen LogP contribution >= 0.6 is 23.8 Å². The molecule has 0 aliphatic carbocycles. The van der Waals surface area contributed by atoms with E-state index in [2.05, 4.69) is 15.3 Å². The maximum atomic E-state index is 6.38. The number of hydrogen-bond acceptors (Lipinski definition) is 5. The van der Waals surface area contributed by atoms with E-state index in [0.717, 1.165) is 16.9 Å². The minimum atomic E-state index is 0.224. The average Bonchev–Trinajstić information content (AvgIpc) is 3.16. The molecular weight excluding hydrogens is 432 g/mol. The quantitative estimate of drug-likeness (QED) is 0.279. The van der Waals surface area contributed by atoms with Crippen LogP contribution in [0.3, 0.4) is 0 Å². The number of nitrogens with zero attached hydrogens (tertiary/aromatic N) is 3. The lowest BCUT2D eigenvalue weighted by atomic mass is 10.2. The smallest absolute Gasteiger partial charge is 0.216 e. The molecular formula is C23H19ClN4O2S. The predicted octanol–water partition coefficient (Wildman–Crippen LogP) is 5.63. The van der Waals surface area contributed by atoms with E-state index in [1.54, 1.807) is 12.3 Å². The van der Waals surface area contributed by atoms with E-state index < -0.39 is 0 Å². The summed E-state index contributed by atoms with van der Waals surface area (Å²) in [5.74, 6) is 1.91. The summed E-state index contributed by atoms with van der Waals surface area (Å²) in [6, 6.07) is 24.9. The number of rotatable bonds is 8. The Morgan fingerprint density at radius 2 is 1.71 bits per heavy atom. The largest absolute Gasteiger partial charge is 0.487 e. The van der Waals surface area contributed by atoms with Crippen LogP contribution < -0.4 is 9.47 Å². The van der Waals surface area contributed by atoms with Gasteiger partial charge in [-0.05, 0) is 53.7 Å².